The molecule has 0 unspecified atom stereocenters. The van der Waals surface area contributed by atoms with E-state index >= 15 is 0 Å². The number of esters is 2. The van der Waals surface area contributed by atoms with Crippen LogP contribution in [0.1, 0.15) is 43.3 Å². The number of amides is 1. The highest BCUT2D eigenvalue weighted by Crippen LogP contribution is 2.28. The van der Waals surface area contributed by atoms with Gasteiger partial charge in [0.05, 0.1) is 0 Å². The van der Waals surface area contributed by atoms with Gasteiger partial charge in [0, 0.05) is 25.6 Å². The van der Waals surface area contributed by atoms with Crippen molar-refractivity contribution in [1.82, 2.24) is 9.55 Å². The van der Waals surface area contributed by atoms with Gasteiger partial charge in [0.1, 0.15) is 30.9 Å². The zero-order chi connectivity index (χ0) is 22.4. The van der Waals surface area contributed by atoms with Crippen molar-refractivity contribution in [3.8, 4) is 0 Å². The number of anilines is 1. The Labute approximate surface area is 178 Å². The molecule has 0 spiro atoms. The first-order chi connectivity index (χ1) is 14.8. The fraction of sp³-hybridized carbons (Fsp3) is 0.381. The highest BCUT2D eigenvalue weighted by Gasteiger charge is 2.35. The van der Waals surface area contributed by atoms with Gasteiger partial charge in [0.15, 0.2) is 0 Å². The first kappa shape index (κ1) is 22.2. The van der Waals surface area contributed by atoms with Crippen LogP contribution >= 0.6 is 0 Å². The molecule has 31 heavy (non-hydrogen) atoms. The van der Waals surface area contributed by atoms with Gasteiger partial charge >= 0.3 is 17.6 Å². The Hall–Kier alpha value is -3.53. The average Bonchev–Trinajstić information content (AvgIpc) is 2.73. The van der Waals surface area contributed by atoms with Crippen molar-refractivity contribution in [2.24, 2.45) is 0 Å². The summed E-state index contributed by atoms with van der Waals surface area (Å²) >= 11 is 0. The quantitative estimate of drug-likeness (QED) is 0.688. The molecule has 0 bridgehead atoms. The third-order valence-electron chi connectivity index (χ3n) is 4.63. The molecule has 1 saturated heterocycles. The zero-order valence-electron chi connectivity index (χ0n) is 17.1. The lowest BCUT2D eigenvalue weighted by atomic mass is 10.0. The third-order valence-corrected chi connectivity index (χ3v) is 4.63. The molecule has 1 aliphatic heterocycles. The Balaban J connectivity index is 1.71. The topological polar surface area (TPSA) is 126 Å². The highest BCUT2D eigenvalue weighted by molar-refractivity contribution is 6.03. The largest absolute Gasteiger partial charge is 0.463 e. The second kappa shape index (κ2) is 9.98. The summed E-state index contributed by atoms with van der Waals surface area (Å²) in [6.07, 6.45) is 0.250. The number of aromatic nitrogens is 2. The van der Waals surface area contributed by atoms with Gasteiger partial charge in [0.25, 0.3) is 5.91 Å². The van der Waals surface area contributed by atoms with Gasteiger partial charge in [-0.15, -0.1) is 0 Å². The minimum Gasteiger partial charge on any atom is -0.463 e. The molecule has 3 atom stereocenters. The maximum atomic E-state index is 12.5. The van der Waals surface area contributed by atoms with Gasteiger partial charge in [0.2, 0.25) is 0 Å². The molecule has 2 aromatic rings. The van der Waals surface area contributed by atoms with E-state index in [-0.39, 0.29) is 18.3 Å². The maximum absolute atomic E-state index is 12.5. The molecule has 1 aromatic carbocycles. The lowest BCUT2D eigenvalue weighted by Crippen LogP contribution is -2.44. The van der Waals surface area contributed by atoms with Crippen LogP contribution in [0.2, 0.25) is 0 Å². The van der Waals surface area contributed by atoms with Crippen molar-refractivity contribution in [3.05, 3.63) is 58.6 Å². The van der Waals surface area contributed by atoms with E-state index < -0.39 is 36.1 Å². The molecule has 1 N–H and O–H groups in total. The SMILES string of the molecule is CC(=O)OC[C@H]1O[C@@H](n2ccc(NC(=O)c3ccccc3)nc2=O)CC[C@@H]1OC(C)=O. The second-order valence-corrected chi connectivity index (χ2v) is 6.98. The Morgan fingerprint density at radius 3 is 2.52 bits per heavy atom. The number of hydrogen-bond acceptors (Lipinski definition) is 8. The van der Waals surface area contributed by atoms with Crippen LogP contribution in [-0.4, -0.2) is 46.2 Å². The first-order valence-corrected chi connectivity index (χ1v) is 9.75. The molecule has 0 aliphatic carbocycles. The van der Waals surface area contributed by atoms with Crippen LogP contribution in [0.4, 0.5) is 5.82 Å². The van der Waals surface area contributed by atoms with E-state index in [2.05, 4.69) is 10.3 Å². The van der Waals surface area contributed by atoms with Crippen molar-refractivity contribution in [1.29, 1.82) is 0 Å². The first-order valence-electron chi connectivity index (χ1n) is 9.75. The molecule has 0 saturated carbocycles. The Morgan fingerprint density at radius 1 is 1.13 bits per heavy atom. The van der Waals surface area contributed by atoms with Gasteiger partial charge in [-0.3, -0.25) is 19.0 Å². The molecular weight excluding hydrogens is 406 g/mol. The van der Waals surface area contributed by atoms with E-state index in [1.165, 1.54) is 30.7 Å². The molecule has 1 aliphatic rings. The number of ether oxygens (including phenoxy) is 3. The maximum Gasteiger partial charge on any atom is 0.351 e. The summed E-state index contributed by atoms with van der Waals surface area (Å²) < 4.78 is 17.4. The number of carbonyl (C=O) groups is 3. The van der Waals surface area contributed by atoms with Gasteiger partial charge in [-0.2, -0.15) is 4.98 Å². The molecule has 10 heteroatoms. The summed E-state index contributed by atoms with van der Waals surface area (Å²) in [6.45, 7) is 2.43. The number of rotatable bonds is 6. The van der Waals surface area contributed by atoms with Crippen LogP contribution in [0, 0.1) is 0 Å². The monoisotopic (exact) mass is 429 g/mol. The predicted octanol–water partition coefficient (Wildman–Crippen LogP) is 1.67. The van der Waals surface area contributed by atoms with E-state index in [9.17, 15) is 19.2 Å². The smallest absolute Gasteiger partial charge is 0.351 e. The van der Waals surface area contributed by atoms with E-state index in [0.717, 1.165) is 0 Å². The van der Waals surface area contributed by atoms with E-state index in [4.69, 9.17) is 14.2 Å². The summed E-state index contributed by atoms with van der Waals surface area (Å²) in [5.74, 6) is -1.24. The second-order valence-electron chi connectivity index (χ2n) is 6.98. The van der Waals surface area contributed by atoms with Gasteiger partial charge in [-0.05, 0) is 31.0 Å². The van der Waals surface area contributed by atoms with Gasteiger partial charge < -0.3 is 19.5 Å². The van der Waals surface area contributed by atoms with Crippen molar-refractivity contribution in [3.63, 3.8) is 0 Å². The van der Waals surface area contributed by atoms with Crippen LogP contribution in [0.15, 0.2) is 47.4 Å². The fourth-order valence-corrected chi connectivity index (χ4v) is 3.23. The molecule has 3 rings (SSSR count). The van der Waals surface area contributed by atoms with Crippen LogP contribution in [0.25, 0.3) is 0 Å². The summed E-state index contributed by atoms with van der Waals surface area (Å²) in [4.78, 5) is 51.2. The van der Waals surface area contributed by atoms with Crippen molar-refractivity contribution < 1.29 is 28.6 Å². The molecular formula is C21H23N3O7. The Morgan fingerprint density at radius 2 is 1.87 bits per heavy atom. The molecule has 1 amide bonds. The fourth-order valence-electron chi connectivity index (χ4n) is 3.23. The average molecular weight is 429 g/mol. The number of carbonyl (C=O) groups excluding carboxylic acids is 3. The summed E-state index contributed by atoms with van der Waals surface area (Å²) in [7, 11) is 0. The van der Waals surface area contributed by atoms with Gasteiger partial charge in [-0.1, -0.05) is 18.2 Å². The molecule has 2 heterocycles. The molecule has 1 fully saturated rings. The Bertz CT molecular complexity index is 1010. The van der Waals surface area contributed by atoms with Crippen molar-refractivity contribution in [2.75, 3.05) is 11.9 Å². The van der Waals surface area contributed by atoms with Crippen LogP contribution in [0.3, 0.4) is 0 Å². The molecule has 10 nitrogen and oxygen atoms in total. The number of benzene rings is 1. The van der Waals surface area contributed by atoms with Crippen LogP contribution < -0.4 is 11.0 Å². The molecule has 1 aromatic heterocycles. The van der Waals surface area contributed by atoms with Crippen molar-refractivity contribution >= 4 is 23.7 Å². The number of nitrogens with one attached hydrogen (secondary N) is 1. The predicted molar refractivity (Wildman–Crippen MR) is 108 cm³/mol. The van der Waals surface area contributed by atoms with Crippen molar-refractivity contribution in [2.45, 2.75) is 45.1 Å². The molecule has 164 valence electrons. The standard InChI is InChI=1S/C21H23N3O7/c1-13(25)29-12-17-16(30-14(2)26)8-9-19(31-17)24-11-10-18(23-21(24)28)22-20(27)15-6-4-3-5-7-15/h3-7,10-11,16-17,19H,8-9,12H2,1-2H3,(H,22,23,27,28)/t16-,17+,19+/m0/s1. The molecule has 0 radical (unpaired) electrons. The number of nitrogens with zero attached hydrogens (tertiary/aromatic N) is 2. The van der Waals surface area contributed by atoms with E-state index in [0.29, 0.717) is 18.4 Å². The summed E-state index contributed by atoms with van der Waals surface area (Å²) in [5.41, 5.74) is -0.179. The number of hydrogen-bond donors (Lipinski definition) is 1. The summed E-state index contributed by atoms with van der Waals surface area (Å²) in [5, 5.41) is 2.58. The van der Waals surface area contributed by atoms with E-state index in [1.54, 1.807) is 30.3 Å². The third kappa shape index (κ3) is 5.98. The Kier molecular flexibility index (Phi) is 7.14. The highest BCUT2D eigenvalue weighted by atomic mass is 16.6. The van der Waals surface area contributed by atoms with E-state index in [1.807, 2.05) is 0 Å². The minimum atomic E-state index is -0.726. The summed E-state index contributed by atoms with van der Waals surface area (Å²) in [6, 6.07) is 10.0. The lowest BCUT2D eigenvalue weighted by molar-refractivity contribution is -0.192. The zero-order valence-corrected chi connectivity index (χ0v) is 17.1. The minimum absolute atomic E-state index is 0.111. The van der Waals surface area contributed by atoms with Gasteiger partial charge in [-0.25, -0.2) is 4.79 Å². The normalized spacial score (nSPS) is 20.5. The lowest BCUT2D eigenvalue weighted by Gasteiger charge is -2.35. The van der Waals surface area contributed by atoms with Crippen LogP contribution in [-0.2, 0) is 23.8 Å². The van der Waals surface area contributed by atoms with Crippen LogP contribution in [0.5, 0.6) is 0 Å².